The Kier molecular flexibility index (Phi) is 5.16. The third kappa shape index (κ3) is 4.88. The molecule has 0 aromatic heterocycles. The lowest BCUT2D eigenvalue weighted by Gasteiger charge is -2.33. The molecule has 0 saturated carbocycles. The van der Waals surface area contributed by atoms with Crippen LogP contribution in [0.5, 0.6) is 0 Å². The van der Waals surface area contributed by atoms with Crippen LogP contribution in [0.1, 0.15) is 33.3 Å². The maximum Gasteiger partial charge on any atom is 0.0771 e. The summed E-state index contributed by atoms with van der Waals surface area (Å²) in [6, 6.07) is 10.5. The van der Waals surface area contributed by atoms with Crippen LogP contribution in [0, 0.1) is 5.41 Å². The second-order valence-corrected chi connectivity index (χ2v) is 5.75. The van der Waals surface area contributed by atoms with Crippen molar-refractivity contribution in [3.8, 4) is 0 Å². The normalized spacial score (nSPS) is 15.6. The van der Waals surface area contributed by atoms with Gasteiger partial charge in [-0.2, -0.15) is 0 Å². The Morgan fingerprint density at radius 1 is 1.18 bits per heavy atom. The smallest absolute Gasteiger partial charge is 0.0771 e. The molecule has 2 heteroatoms. The molecule has 17 heavy (non-hydrogen) atoms. The molecule has 1 aromatic rings. The molecular formula is C15H25NO. The number of hydrogen-bond acceptors (Lipinski definition) is 2. The first-order valence-electron chi connectivity index (χ1n) is 6.32. The van der Waals surface area contributed by atoms with Crippen molar-refractivity contribution in [1.82, 2.24) is 0 Å². The van der Waals surface area contributed by atoms with Gasteiger partial charge in [-0.1, -0.05) is 51.1 Å². The van der Waals surface area contributed by atoms with E-state index in [0.717, 1.165) is 13.0 Å². The summed E-state index contributed by atoms with van der Waals surface area (Å²) in [5, 5.41) is 0. The van der Waals surface area contributed by atoms with Crippen LogP contribution in [0.2, 0.25) is 0 Å². The summed E-state index contributed by atoms with van der Waals surface area (Å²) in [5.74, 6) is 0. The van der Waals surface area contributed by atoms with Crippen molar-refractivity contribution >= 4 is 0 Å². The second kappa shape index (κ2) is 6.18. The highest BCUT2D eigenvalue weighted by Crippen LogP contribution is 2.24. The quantitative estimate of drug-likeness (QED) is 0.851. The molecule has 0 aliphatic carbocycles. The van der Waals surface area contributed by atoms with Gasteiger partial charge in [0.1, 0.15) is 0 Å². The summed E-state index contributed by atoms with van der Waals surface area (Å²) in [4.78, 5) is 0. The fraction of sp³-hybridized carbons (Fsp3) is 0.600. The van der Waals surface area contributed by atoms with E-state index in [1.165, 1.54) is 5.56 Å². The summed E-state index contributed by atoms with van der Waals surface area (Å²) in [7, 11) is 0. The van der Waals surface area contributed by atoms with Gasteiger partial charge < -0.3 is 10.5 Å². The Labute approximate surface area is 105 Å². The molecule has 2 unspecified atom stereocenters. The van der Waals surface area contributed by atoms with E-state index in [2.05, 4.69) is 45.0 Å². The molecule has 0 bridgehead atoms. The third-order valence-corrected chi connectivity index (χ3v) is 2.86. The Bertz CT molecular complexity index is 313. The van der Waals surface area contributed by atoms with E-state index >= 15 is 0 Å². The monoisotopic (exact) mass is 235 g/mol. The third-order valence-electron chi connectivity index (χ3n) is 2.86. The summed E-state index contributed by atoms with van der Waals surface area (Å²) >= 11 is 0. The summed E-state index contributed by atoms with van der Waals surface area (Å²) in [6.07, 6.45) is 1.05. The Morgan fingerprint density at radius 2 is 1.76 bits per heavy atom. The van der Waals surface area contributed by atoms with Gasteiger partial charge in [-0.25, -0.2) is 0 Å². The molecule has 96 valence electrons. The van der Waals surface area contributed by atoms with Crippen LogP contribution in [-0.2, 0) is 11.2 Å². The number of nitrogens with two attached hydrogens (primary N) is 1. The second-order valence-electron chi connectivity index (χ2n) is 5.75. The predicted molar refractivity (Wildman–Crippen MR) is 73.0 cm³/mol. The fourth-order valence-corrected chi connectivity index (χ4v) is 2.14. The van der Waals surface area contributed by atoms with Crippen LogP contribution in [0.15, 0.2) is 30.3 Å². The molecule has 0 saturated heterocycles. The molecule has 0 spiro atoms. The molecule has 1 rings (SSSR count). The van der Waals surface area contributed by atoms with Crippen molar-refractivity contribution in [3.63, 3.8) is 0 Å². The van der Waals surface area contributed by atoms with Gasteiger partial charge in [0.05, 0.1) is 12.7 Å². The van der Waals surface area contributed by atoms with E-state index in [4.69, 9.17) is 10.5 Å². The van der Waals surface area contributed by atoms with Crippen LogP contribution in [-0.4, -0.2) is 18.8 Å². The standard InChI is InChI=1S/C15H25NO/c1-12(16)14(15(2,3)4)17-11-10-13-8-6-5-7-9-13/h5-9,12,14H,10-11,16H2,1-4H3. The number of ether oxygens (including phenoxy) is 1. The first-order chi connectivity index (χ1) is 7.91. The van der Waals surface area contributed by atoms with Crippen molar-refractivity contribution in [2.24, 2.45) is 11.1 Å². The van der Waals surface area contributed by atoms with Crippen molar-refractivity contribution in [2.45, 2.75) is 46.3 Å². The molecule has 0 fully saturated rings. The van der Waals surface area contributed by atoms with Crippen LogP contribution < -0.4 is 5.73 Å². The highest BCUT2D eigenvalue weighted by atomic mass is 16.5. The van der Waals surface area contributed by atoms with Crippen LogP contribution in [0.4, 0.5) is 0 Å². The molecule has 0 radical (unpaired) electrons. The average Bonchev–Trinajstić information content (AvgIpc) is 2.23. The topological polar surface area (TPSA) is 35.2 Å². The summed E-state index contributed by atoms with van der Waals surface area (Å²) in [5.41, 5.74) is 7.38. The van der Waals surface area contributed by atoms with E-state index in [1.807, 2.05) is 13.0 Å². The zero-order valence-electron chi connectivity index (χ0n) is 11.4. The number of hydrogen-bond donors (Lipinski definition) is 1. The van der Waals surface area contributed by atoms with E-state index < -0.39 is 0 Å². The average molecular weight is 235 g/mol. The highest BCUT2D eigenvalue weighted by molar-refractivity contribution is 5.14. The lowest BCUT2D eigenvalue weighted by atomic mass is 9.85. The van der Waals surface area contributed by atoms with Crippen molar-refractivity contribution < 1.29 is 4.74 Å². The van der Waals surface area contributed by atoms with Crippen molar-refractivity contribution in [1.29, 1.82) is 0 Å². The first-order valence-corrected chi connectivity index (χ1v) is 6.32. The zero-order chi connectivity index (χ0) is 12.9. The van der Waals surface area contributed by atoms with E-state index in [9.17, 15) is 0 Å². The van der Waals surface area contributed by atoms with Gasteiger partial charge in [0, 0.05) is 6.04 Å². The molecule has 1 aromatic carbocycles. The van der Waals surface area contributed by atoms with Gasteiger partial charge in [0.15, 0.2) is 0 Å². The van der Waals surface area contributed by atoms with Crippen LogP contribution in [0.25, 0.3) is 0 Å². The Balaban J connectivity index is 2.43. The molecule has 0 amide bonds. The SMILES string of the molecule is CC(N)C(OCCc1ccccc1)C(C)(C)C. The highest BCUT2D eigenvalue weighted by Gasteiger charge is 2.28. The largest absolute Gasteiger partial charge is 0.376 e. The lowest BCUT2D eigenvalue weighted by Crippen LogP contribution is -2.43. The van der Waals surface area contributed by atoms with Crippen molar-refractivity contribution in [3.05, 3.63) is 35.9 Å². The minimum absolute atomic E-state index is 0.0609. The van der Waals surface area contributed by atoms with Gasteiger partial charge in [0.2, 0.25) is 0 Å². The van der Waals surface area contributed by atoms with Crippen LogP contribution in [0.3, 0.4) is 0 Å². The molecule has 0 heterocycles. The number of benzene rings is 1. The molecule has 2 nitrogen and oxygen atoms in total. The summed E-state index contributed by atoms with van der Waals surface area (Å²) in [6.45, 7) is 9.25. The molecule has 0 aliphatic heterocycles. The predicted octanol–water partition coefficient (Wildman–Crippen LogP) is 3.01. The van der Waals surface area contributed by atoms with E-state index in [1.54, 1.807) is 0 Å². The first kappa shape index (κ1) is 14.2. The maximum absolute atomic E-state index is 5.98. The van der Waals surface area contributed by atoms with Crippen LogP contribution >= 0.6 is 0 Å². The maximum atomic E-state index is 5.98. The minimum atomic E-state index is 0.0609. The zero-order valence-corrected chi connectivity index (χ0v) is 11.4. The Hall–Kier alpha value is -0.860. The molecule has 0 aliphatic rings. The van der Waals surface area contributed by atoms with Gasteiger partial charge in [-0.05, 0) is 24.3 Å². The lowest BCUT2D eigenvalue weighted by molar-refractivity contribution is -0.0286. The van der Waals surface area contributed by atoms with Gasteiger partial charge >= 0.3 is 0 Å². The summed E-state index contributed by atoms with van der Waals surface area (Å²) < 4.78 is 5.95. The molecule has 2 atom stereocenters. The fourth-order valence-electron chi connectivity index (χ4n) is 2.14. The van der Waals surface area contributed by atoms with Crippen molar-refractivity contribution in [2.75, 3.05) is 6.61 Å². The Morgan fingerprint density at radius 3 is 2.24 bits per heavy atom. The van der Waals surface area contributed by atoms with E-state index in [0.29, 0.717) is 0 Å². The van der Waals surface area contributed by atoms with Gasteiger partial charge in [0.25, 0.3) is 0 Å². The van der Waals surface area contributed by atoms with Gasteiger partial charge in [-0.3, -0.25) is 0 Å². The van der Waals surface area contributed by atoms with E-state index in [-0.39, 0.29) is 17.6 Å². The van der Waals surface area contributed by atoms with Gasteiger partial charge in [-0.15, -0.1) is 0 Å². The number of rotatable bonds is 5. The molecular weight excluding hydrogens is 210 g/mol. The minimum Gasteiger partial charge on any atom is -0.376 e. The molecule has 2 N–H and O–H groups in total.